The quantitative estimate of drug-likeness (QED) is 0.139. The summed E-state index contributed by atoms with van der Waals surface area (Å²) in [5, 5.41) is 18.6. The van der Waals surface area contributed by atoms with Gasteiger partial charge in [0, 0.05) is 12.1 Å². The molecule has 33 heavy (non-hydrogen) atoms. The average Bonchev–Trinajstić information content (AvgIpc) is 2.84. The molecule has 0 saturated carbocycles. The summed E-state index contributed by atoms with van der Waals surface area (Å²) in [4.78, 5) is 35.7. The van der Waals surface area contributed by atoms with Gasteiger partial charge in [-0.1, -0.05) is 60.7 Å². The van der Waals surface area contributed by atoms with E-state index in [1.807, 2.05) is 36.4 Å². The van der Waals surface area contributed by atoms with Gasteiger partial charge in [0.15, 0.2) is 0 Å². The van der Waals surface area contributed by atoms with Crippen molar-refractivity contribution in [3.05, 3.63) is 117 Å². The van der Waals surface area contributed by atoms with Crippen molar-refractivity contribution in [1.82, 2.24) is 10.9 Å². The number of nitrogens with zero attached hydrogens (tertiary/aromatic N) is 3. The van der Waals surface area contributed by atoms with E-state index in [4.69, 9.17) is 0 Å². The highest BCUT2D eigenvalue weighted by atomic mass is 16.6. The normalized spacial score (nSPS) is 10.7. The van der Waals surface area contributed by atoms with E-state index in [1.54, 1.807) is 24.3 Å². The van der Waals surface area contributed by atoms with Crippen molar-refractivity contribution in [2.75, 3.05) is 0 Å². The Morgan fingerprint density at radius 2 is 1.15 bits per heavy atom. The van der Waals surface area contributed by atoms with Crippen molar-refractivity contribution in [3.63, 3.8) is 0 Å². The predicted octanol–water partition coefficient (Wildman–Crippen LogP) is 3.28. The van der Waals surface area contributed by atoms with E-state index in [1.165, 1.54) is 42.8 Å². The topological polar surface area (TPSA) is 126 Å². The number of hydrogen-bond acceptors (Lipinski definition) is 6. The number of carbonyl (C=O) groups excluding carboxylic acids is 2. The molecule has 3 aromatic rings. The molecule has 0 unspecified atom stereocenters. The number of nitrogens with one attached hydrogen (secondary N) is 2. The Labute approximate surface area is 189 Å². The standard InChI is InChI=1S/C24H19N5O4/c30-23(27-25-16-19-7-3-1-4-8-19)22(15-18-11-13-21(14-12-18)29(32)33)24(31)28-26-17-20-9-5-2-6-10-20/h1-17H,(H,27,30)(H,28,31). The summed E-state index contributed by atoms with van der Waals surface area (Å²) >= 11 is 0. The number of rotatable bonds is 8. The van der Waals surface area contributed by atoms with Gasteiger partial charge in [-0.3, -0.25) is 19.7 Å². The molecule has 3 rings (SSSR count). The molecule has 2 N–H and O–H groups in total. The van der Waals surface area contributed by atoms with Crippen molar-refractivity contribution in [3.8, 4) is 0 Å². The summed E-state index contributed by atoms with van der Waals surface area (Å²) in [5.74, 6) is -1.54. The lowest BCUT2D eigenvalue weighted by atomic mass is 10.1. The molecular formula is C24H19N5O4. The SMILES string of the molecule is O=C(NN=Cc1ccccc1)C(=Cc1ccc([N+](=O)[O-])cc1)C(=O)NN=Cc1ccccc1. The second kappa shape index (κ2) is 11.5. The summed E-state index contributed by atoms with van der Waals surface area (Å²) < 4.78 is 0. The van der Waals surface area contributed by atoms with Crippen LogP contribution in [-0.2, 0) is 9.59 Å². The van der Waals surface area contributed by atoms with E-state index in [9.17, 15) is 19.7 Å². The molecule has 9 heteroatoms. The fourth-order valence-electron chi connectivity index (χ4n) is 2.62. The van der Waals surface area contributed by atoms with Gasteiger partial charge in [-0.25, -0.2) is 10.9 Å². The van der Waals surface area contributed by atoms with Gasteiger partial charge in [-0.2, -0.15) is 10.2 Å². The van der Waals surface area contributed by atoms with E-state index in [2.05, 4.69) is 21.1 Å². The second-order valence-corrected chi connectivity index (χ2v) is 6.63. The van der Waals surface area contributed by atoms with Crippen molar-refractivity contribution in [2.45, 2.75) is 0 Å². The monoisotopic (exact) mass is 441 g/mol. The number of carbonyl (C=O) groups is 2. The van der Waals surface area contributed by atoms with E-state index in [0.29, 0.717) is 5.56 Å². The van der Waals surface area contributed by atoms with E-state index >= 15 is 0 Å². The molecule has 0 aromatic heterocycles. The van der Waals surface area contributed by atoms with Crippen molar-refractivity contribution >= 4 is 36.0 Å². The van der Waals surface area contributed by atoms with Crippen molar-refractivity contribution < 1.29 is 14.5 Å². The zero-order valence-electron chi connectivity index (χ0n) is 17.3. The van der Waals surface area contributed by atoms with Crippen molar-refractivity contribution in [2.24, 2.45) is 10.2 Å². The number of hydrazone groups is 2. The number of non-ortho nitro benzene ring substituents is 1. The Balaban J connectivity index is 1.79. The van der Waals surface area contributed by atoms with Gasteiger partial charge in [-0.15, -0.1) is 0 Å². The third-order valence-electron chi connectivity index (χ3n) is 4.26. The van der Waals surface area contributed by atoms with Crippen LogP contribution in [0.5, 0.6) is 0 Å². The first kappa shape index (κ1) is 22.8. The van der Waals surface area contributed by atoms with Gasteiger partial charge in [0.2, 0.25) is 0 Å². The fraction of sp³-hybridized carbons (Fsp3) is 0. The minimum Gasteiger partial charge on any atom is -0.267 e. The highest BCUT2D eigenvalue weighted by Gasteiger charge is 2.18. The van der Waals surface area contributed by atoms with Gasteiger partial charge in [0.25, 0.3) is 17.5 Å². The molecule has 0 fully saturated rings. The zero-order chi connectivity index (χ0) is 23.5. The molecule has 3 aromatic carbocycles. The van der Waals surface area contributed by atoms with Gasteiger partial charge in [0.05, 0.1) is 17.4 Å². The van der Waals surface area contributed by atoms with Gasteiger partial charge in [0.1, 0.15) is 5.57 Å². The molecule has 164 valence electrons. The molecule has 0 heterocycles. The van der Waals surface area contributed by atoms with Crippen LogP contribution in [0, 0.1) is 10.1 Å². The molecule has 0 bridgehead atoms. The van der Waals surface area contributed by atoms with Crippen LogP contribution < -0.4 is 10.9 Å². The second-order valence-electron chi connectivity index (χ2n) is 6.63. The third-order valence-corrected chi connectivity index (χ3v) is 4.26. The molecule has 0 aliphatic rings. The highest BCUT2D eigenvalue weighted by Crippen LogP contribution is 2.15. The van der Waals surface area contributed by atoms with Crippen LogP contribution in [0.3, 0.4) is 0 Å². The molecule has 0 aliphatic heterocycles. The summed E-state index contributed by atoms with van der Waals surface area (Å²) in [6.45, 7) is 0. The molecular weight excluding hydrogens is 422 g/mol. The number of nitro benzene ring substituents is 1. The number of nitro groups is 1. The third kappa shape index (κ3) is 7.07. The van der Waals surface area contributed by atoms with Crippen LogP contribution >= 0.6 is 0 Å². The van der Waals surface area contributed by atoms with Crippen LogP contribution in [0.25, 0.3) is 6.08 Å². The molecule has 0 aliphatic carbocycles. The molecule has 9 nitrogen and oxygen atoms in total. The number of amides is 2. The zero-order valence-corrected chi connectivity index (χ0v) is 17.3. The molecule has 0 spiro atoms. The lowest BCUT2D eigenvalue weighted by Crippen LogP contribution is -2.30. The minimum absolute atomic E-state index is 0.109. The van der Waals surface area contributed by atoms with Crippen LogP contribution in [0.1, 0.15) is 16.7 Å². The smallest absolute Gasteiger partial charge is 0.267 e. The number of benzene rings is 3. The summed E-state index contributed by atoms with van der Waals surface area (Å²) in [6, 6.07) is 23.6. The molecule has 2 amide bonds. The molecule has 0 radical (unpaired) electrons. The Kier molecular flexibility index (Phi) is 7.91. The Morgan fingerprint density at radius 3 is 1.58 bits per heavy atom. The first-order valence-corrected chi connectivity index (χ1v) is 9.76. The van der Waals surface area contributed by atoms with Crippen LogP contribution in [0.15, 0.2) is 101 Å². The average molecular weight is 441 g/mol. The van der Waals surface area contributed by atoms with E-state index < -0.39 is 16.7 Å². The maximum atomic E-state index is 12.7. The Hall–Kier alpha value is -4.92. The maximum absolute atomic E-state index is 12.7. The maximum Gasteiger partial charge on any atom is 0.277 e. The predicted molar refractivity (Wildman–Crippen MR) is 125 cm³/mol. The first-order chi connectivity index (χ1) is 16.0. The molecule has 0 atom stereocenters. The van der Waals surface area contributed by atoms with Gasteiger partial charge in [-0.05, 0) is 34.9 Å². The largest absolute Gasteiger partial charge is 0.277 e. The number of hydrogen-bond donors (Lipinski definition) is 2. The first-order valence-electron chi connectivity index (χ1n) is 9.76. The molecule has 0 saturated heterocycles. The fourth-order valence-corrected chi connectivity index (χ4v) is 2.62. The van der Waals surface area contributed by atoms with E-state index in [0.717, 1.165) is 11.1 Å². The van der Waals surface area contributed by atoms with Gasteiger partial charge >= 0.3 is 0 Å². The van der Waals surface area contributed by atoms with E-state index in [-0.39, 0.29) is 11.3 Å². The lowest BCUT2D eigenvalue weighted by Gasteiger charge is -2.05. The summed E-state index contributed by atoms with van der Waals surface area (Å²) in [6.07, 6.45) is 4.17. The Morgan fingerprint density at radius 1 is 0.697 bits per heavy atom. The summed E-state index contributed by atoms with van der Waals surface area (Å²) in [5.41, 5.74) is 6.17. The minimum atomic E-state index is -0.770. The lowest BCUT2D eigenvalue weighted by molar-refractivity contribution is -0.384. The van der Waals surface area contributed by atoms with Crippen LogP contribution in [-0.4, -0.2) is 29.2 Å². The van der Waals surface area contributed by atoms with Gasteiger partial charge < -0.3 is 0 Å². The van der Waals surface area contributed by atoms with Crippen LogP contribution in [0.4, 0.5) is 5.69 Å². The van der Waals surface area contributed by atoms with Crippen molar-refractivity contribution in [1.29, 1.82) is 0 Å². The van der Waals surface area contributed by atoms with Crippen LogP contribution in [0.2, 0.25) is 0 Å². The summed E-state index contributed by atoms with van der Waals surface area (Å²) in [7, 11) is 0. The highest BCUT2D eigenvalue weighted by molar-refractivity contribution is 6.21. The Bertz CT molecular complexity index is 1140.